The van der Waals surface area contributed by atoms with Crippen molar-refractivity contribution >= 4 is 40.9 Å². The minimum absolute atomic E-state index is 0.0162. The number of dihydropyridines is 1. The monoisotopic (exact) mass is 659 g/mol. The number of alkyl halides is 2. The fourth-order valence-electron chi connectivity index (χ4n) is 5.91. The van der Waals surface area contributed by atoms with Gasteiger partial charge in [-0.2, -0.15) is 13.9 Å². The maximum absolute atomic E-state index is 13.2. The number of hydrogen-bond acceptors (Lipinski definition) is 6. The Morgan fingerprint density at radius 2 is 1.87 bits per heavy atom. The second-order valence-corrected chi connectivity index (χ2v) is 11.6. The first kappa shape index (κ1) is 33.4. The molecule has 3 aromatic carbocycles. The lowest BCUT2D eigenvalue weighted by molar-refractivity contribution is -0.126. The molecule has 0 saturated heterocycles. The van der Waals surface area contributed by atoms with Gasteiger partial charge in [0.05, 0.1) is 25.0 Å². The number of halogens is 3. The molecule has 0 aliphatic carbocycles. The molecule has 244 valence electrons. The Morgan fingerprint density at radius 3 is 2.57 bits per heavy atom. The van der Waals surface area contributed by atoms with Crippen LogP contribution in [0.2, 0.25) is 5.02 Å². The predicted molar refractivity (Wildman–Crippen MR) is 182 cm³/mol. The molecule has 0 spiro atoms. The molecule has 6 rings (SSSR count). The summed E-state index contributed by atoms with van der Waals surface area (Å²) in [5, 5.41) is 14.2. The molecule has 2 bridgehead atoms. The smallest absolute Gasteiger partial charge is 0.333 e. The average Bonchev–Trinajstić information content (AvgIpc) is 3.59. The second kappa shape index (κ2) is 15.6. The molecular formula is C36H36ClF2N5O3. The van der Waals surface area contributed by atoms with Crippen molar-refractivity contribution in [2.45, 2.75) is 44.2 Å². The van der Waals surface area contributed by atoms with E-state index in [1.807, 2.05) is 43.6 Å². The summed E-state index contributed by atoms with van der Waals surface area (Å²) < 4.78 is 30.9. The number of anilines is 2. The van der Waals surface area contributed by atoms with Gasteiger partial charge in [-0.15, -0.1) is 0 Å². The Kier molecular flexibility index (Phi) is 11.1. The highest BCUT2D eigenvalue weighted by Gasteiger charge is 2.25. The number of ether oxygens (including phenoxy) is 1. The Morgan fingerprint density at radius 1 is 1.06 bits per heavy atom. The number of benzene rings is 3. The lowest BCUT2D eigenvalue weighted by atomic mass is 9.83. The van der Waals surface area contributed by atoms with Crippen LogP contribution in [0.15, 0.2) is 91.4 Å². The maximum Gasteiger partial charge on any atom is 0.333 e. The van der Waals surface area contributed by atoms with E-state index in [0.29, 0.717) is 28.2 Å². The summed E-state index contributed by atoms with van der Waals surface area (Å²) in [4.78, 5) is 21.8. The topological polar surface area (TPSA) is 97.3 Å². The first-order chi connectivity index (χ1) is 22.8. The molecule has 2 atom stereocenters. The van der Waals surface area contributed by atoms with Crippen LogP contribution in [0, 0.1) is 0 Å². The van der Waals surface area contributed by atoms with Gasteiger partial charge in [-0.3, -0.25) is 9.59 Å². The first-order valence-corrected chi connectivity index (χ1v) is 15.6. The number of allylic oxidation sites excluding steroid dienone is 2. The number of methoxy groups -OCH3 is 1. The zero-order valence-electron chi connectivity index (χ0n) is 26.1. The minimum atomic E-state index is -2.71. The highest BCUT2D eigenvalue weighted by atomic mass is 35.5. The van der Waals surface area contributed by atoms with Crippen molar-refractivity contribution in [3.63, 3.8) is 0 Å². The van der Waals surface area contributed by atoms with Gasteiger partial charge < -0.3 is 20.7 Å². The third-order valence-electron chi connectivity index (χ3n) is 8.23. The summed E-state index contributed by atoms with van der Waals surface area (Å²) in [6.07, 6.45) is 12.0. The summed E-state index contributed by atoms with van der Waals surface area (Å²) in [5.41, 5.74) is 8.05. The highest BCUT2D eigenvalue weighted by Crippen LogP contribution is 2.38. The van der Waals surface area contributed by atoms with Gasteiger partial charge in [0.2, 0.25) is 5.91 Å². The molecule has 0 fully saturated rings. The molecule has 3 heterocycles. The van der Waals surface area contributed by atoms with Crippen molar-refractivity contribution in [3.8, 4) is 22.3 Å². The quantitative estimate of drug-likeness (QED) is 0.180. The largest absolute Gasteiger partial charge is 0.471 e. The number of aromatic nitrogens is 2. The number of carbonyl (C=O) groups is 2. The second-order valence-electron chi connectivity index (χ2n) is 11.2. The fraction of sp³-hybridized carbons (Fsp3) is 0.250. The number of hydrogen-bond donors (Lipinski definition) is 3. The van der Waals surface area contributed by atoms with Crippen LogP contribution in [0.1, 0.15) is 49.3 Å². The maximum atomic E-state index is 13.2. The van der Waals surface area contributed by atoms with E-state index in [-0.39, 0.29) is 17.9 Å². The van der Waals surface area contributed by atoms with Crippen LogP contribution in [-0.2, 0) is 14.3 Å². The Balaban J connectivity index is 0.00000103. The van der Waals surface area contributed by atoms with Crippen molar-refractivity contribution in [2.75, 3.05) is 24.8 Å². The lowest BCUT2D eigenvalue weighted by Gasteiger charge is -2.29. The van der Waals surface area contributed by atoms with E-state index in [1.54, 1.807) is 6.07 Å². The highest BCUT2D eigenvalue weighted by molar-refractivity contribution is 6.31. The van der Waals surface area contributed by atoms with Crippen molar-refractivity contribution < 1.29 is 23.1 Å². The molecule has 11 heteroatoms. The Labute approximate surface area is 277 Å². The molecule has 2 aliphatic heterocycles. The summed E-state index contributed by atoms with van der Waals surface area (Å²) >= 11 is 6.37. The van der Waals surface area contributed by atoms with Gasteiger partial charge in [-0.05, 0) is 64.9 Å². The zero-order chi connectivity index (χ0) is 33.3. The number of carbonyl (C=O) groups excluding carboxylic acids is 2. The molecule has 2 aliphatic rings. The molecule has 1 amide bonds. The van der Waals surface area contributed by atoms with Crippen LogP contribution in [0.3, 0.4) is 0 Å². The van der Waals surface area contributed by atoms with Gasteiger partial charge in [0.1, 0.15) is 0 Å². The number of amides is 1. The molecule has 0 radical (unpaired) electrons. The number of rotatable bonds is 6. The molecule has 0 saturated carbocycles. The zero-order valence-corrected chi connectivity index (χ0v) is 26.8. The van der Waals surface area contributed by atoms with Gasteiger partial charge in [0.15, 0.2) is 0 Å². The summed E-state index contributed by atoms with van der Waals surface area (Å²) in [7, 11) is 3.18. The van der Waals surface area contributed by atoms with Crippen LogP contribution in [0.5, 0.6) is 0 Å². The molecule has 47 heavy (non-hydrogen) atoms. The summed E-state index contributed by atoms with van der Waals surface area (Å²) in [5.74, 6) is 0.182. The van der Waals surface area contributed by atoms with Gasteiger partial charge in [0.25, 0.3) is 6.47 Å². The summed E-state index contributed by atoms with van der Waals surface area (Å²) in [6, 6.07) is 20.0. The van der Waals surface area contributed by atoms with Gasteiger partial charge in [-0.1, -0.05) is 66.6 Å². The molecule has 3 N–H and O–H groups in total. The van der Waals surface area contributed by atoms with Crippen molar-refractivity contribution in [1.82, 2.24) is 15.1 Å². The summed E-state index contributed by atoms with van der Waals surface area (Å²) in [6.45, 7) is -2.33. The van der Waals surface area contributed by atoms with Crippen LogP contribution in [0.25, 0.3) is 27.8 Å². The van der Waals surface area contributed by atoms with E-state index >= 15 is 0 Å². The molecule has 4 aromatic rings. The van der Waals surface area contributed by atoms with Crippen molar-refractivity contribution in [3.05, 3.63) is 108 Å². The molecule has 2 unspecified atom stereocenters. The van der Waals surface area contributed by atoms with E-state index in [0.717, 1.165) is 58.5 Å². The molecule has 8 nitrogen and oxygen atoms in total. The van der Waals surface area contributed by atoms with Gasteiger partial charge in [-0.25, -0.2) is 4.68 Å². The van der Waals surface area contributed by atoms with E-state index in [4.69, 9.17) is 16.4 Å². The fourth-order valence-corrected chi connectivity index (χ4v) is 6.09. The SMILES string of the molecule is CNc1ccc2c(c1)NC(=O)CCCCC(C1C=CC(c3cc(Cl)ccc3-c3cnn(C(F)F)c3)=CN1)c1cccc-2c1.COC=O. The van der Waals surface area contributed by atoms with Gasteiger partial charge in [0, 0.05) is 53.6 Å². The van der Waals surface area contributed by atoms with Crippen molar-refractivity contribution in [2.24, 2.45) is 0 Å². The molecular weight excluding hydrogens is 624 g/mol. The third-order valence-corrected chi connectivity index (χ3v) is 8.46. The number of nitrogens with zero attached hydrogens (tertiary/aromatic N) is 2. The van der Waals surface area contributed by atoms with Gasteiger partial charge >= 0.3 is 6.55 Å². The van der Waals surface area contributed by atoms with E-state index in [1.165, 1.54) is 25.1 Å². The van der Waals surface area contributed by atoms with Crippen LogP contribution < -0.4 is 16.0 Å². The van der Waals surface area contributed by atoms with E-state index in [2.05, 4.69) is 62.2 Å². The van der Waals surface area contributed by atoms with Crippen LogP contribution in [0.4, 0.5) is 20.2 Å². The predicted octanol–water partition coefficient (Wildman–Crippen LogP) is 8.26. The average molecular weight is 660 g/mol. The van der Waals surface area contributed by atoms with Crippen LogP contribution in [-0.4, -0.2) is 42.4 Å². The van der Waals surface area contributed by atoms with Crippen LogP contribution >= 0.6 is 11.6 Å². The lowest BCUT2D eigenvalue weighted by Crippen LogP contribution is -2.31. The number of fused-ring (bicyclic) bond motifs is 4. The van der Waals surface area contributed by atoms with E-state index < -0.39 is 6.55 Å². The minimum Gasteiger partial charge on any atom is -0.471 e. The third kappa shape index (κ3) is 8.07. The number of nitrogens with one attached hydrogen (secondary N) is 3. The standard InChI is InChI=1S/C34H32ClF2N5O.C2H4O2/c1-38-26-11-13-29-22-6-4-5-21(15-22)28(7-2-3-8-33(43)41-32(29)17-26)31-14-9-23(18-39-31)30-16-25(35)10-12-27(30)24-19-40-42(20-24)34(36)37;1-4-2-3/h4-6,9-20,28,31,34,38-39H,2-3,7-8H2,1H3,(H,41,43);2H,1H3. The molecule has 1 aromatic heterocycles. The normalized spacial score (nSPS) is 17.4. The van der Waals surface area contributed by atoms with E-state index in [9.17, 15) is 13.6 Å². The Hall–Kier alpha value is -4.96. The first-order valence-electron chi connectivity index (χ1n) is 15.3. The van der Waals surface area contributed by atoms with Crippen molar-refractivity contribution in [1.29, 1.82) is 0 Å². The Bertz CT molecular complexity index is 1790.